The Morgan fingerprint density at radius 1 is 1.42 bits per heavy atom. The molecule has 2 rings (SSSR count). The van der Waals surface area contributed by atoms with Crippen LogP contribution in [0.2, 0.25) is 0 Å². The molecular weight excluding hydrogens is 258 g/mol. The monoisotopic (exact) mass is 279 g/mol. The molecule has 2 atom stereocenters. The number of nitrogens with zero attached hydrogens (tertiary/aromatic N) is 2. The summed E-state index contributed by atoms with van der Waals surface area (Å²) >= 11 is 1.64. The van der Waals surface area contributed by atoms with Crippen LogP contribution in [0, 0.1) is 0 Å². The van der Waals surface area contributed by atoms with Crippen molar-refractivity contribution >= 4 is 11.3 Å². The van der Waals surface area contributed by atoms with Crippen molar-refractivity contribution < 1.29 is 4.52 Å². The van der Waals surface area contributed by atoms with E-state index in [1.54, 1.807) is 11.3 Å². The van der Waals surface area contributed by atoms with Gasteiger partial charge in [0.2, 0.25) is 11.7 Å². The van der Waals surface area contributed by atoms with E-state index in [-0.39, 0.29) is 5.92 Å². The van der Waals surface area contributed by atoms with E-state index in [0.29, 0.717) is 11.9 Å². The summed E-state index contributed by atoms with van der Waals surface area (Å²) in [7, 11) is 0. The van der Waals surface area contributed by atoms with Crippen molar-refractivity contribution in [1.82, 2.24) is 15.5 Å². The van der Waals surface area contributed by atoms with Gasteiger partial charge in [0.25, 0.3) is 0 Å². The maximum absolute atomic E-state index is 5.42. The van der Waals surface area contributed by atoms with E-state index >= 15 is 0 Å². The highest BCUT2D eigenvalue weighted by Gasteiger charge is 2.22. The molecular formula is C14H21N3OS. The van der Waals surface area contributed by atoms with Crippen molar-refractivity contribution in [2.24, 2.45) is 0 Å². The van der Waals surface area contributed by atoms with Gasteiger partial charge in [0.05, 0.1) is 5.92 Å². The molecule has 0 saturated heterocycles. The van der Waals surface area contributed by atoms with Gasteiger partial charge in [-0.15, -0.1) is 0 Å². The quantitative estimate of drug-likeness (QED) is 0.840. The fraction of sp³-hybridized carbons (Fsp3) is 0.571. The predicted molar refractivity (Wildman–Crippen MR) is 78.4 cm³/mol. The lowest BCUT2D eigenvalue weighted by Gasteiger charge is -2.20. The summed E-state index contributed by atoms with van der Waals surface area (Å²) in [6.07, 6.45) is 2.19. The van der Waals surface area contributed by atoms with Crippen molar-refractivity contribution in [1.29, 1.82) is 0 Å². The van der Waals surface area contributed by atoms with Crippen LogP contribution in [0.3, 0.4) is 0 Å². The molecule has 0 aromatic carbocycles. The topological polar surface area (TPSA) is 51.0 Å². The normalized spacial score (nSPS) is 14.5. The van der Waals surface area contributed by atoms with Gasteiger partial charge < -0.3 is 9.84 Å². The van der Waals surface area contributed by atoms with Gasteiger partial charge in [-0.3, -0.25) is 0 Å². The number of thiophene rings is 1. The van der Waals surface area contributed by atoms with E-state index in [4.69, 9.17) is 4.52 Å². The molecule has 2 aromatic rings. The molecule has 0 aliphatic heterocycles. The van der Waals surface area contributed by atoms with Crippen molar-refractivity contribution in [2.75, 3.05) is 6.54 Å². The minimum Gasteiger partial charge on any atom is -0.339 e. The van der Waals surface area contributed by atoms with Gasteiger partial charge >= 0.3 is 0 Å². The van der Waals surface area contributed by atoms with E-state index in [1.807, 2.05) is 16.8 Å². The number of hydrogen-bond acceptors (Lipinski definition) is 5. The molecule has 0 amide bonds. The molecule has 19 heavy (non-hydrogen) atoms. The zero-order chi connectivity index (χ0) is 13.7. The first-order chi connectivity index (χ1) is 9.26. The van der Waals surface area contributed by atoms with E-state index in [9.17, 15) is 0 Å². The van der Waals surface area contributed by atoms with Gasteiger partial charge in [-0.2, -0.15) is 16.3 Å². The van der Waals surface area contributed by atoms with Crippen LogP contribution in [0.5, 0.6) is 0 Å². The lowest BCUT2D eigenvalue weighted by molar-refractivity contribution is 0.319. The highest BCUT2D eigenvalue weighted by atomic mass is 32.1. The smallest absolute Gasteiger partial charge is 0.231 e. The second kappa shape index (κ2) is 6.82. The van der Waals surface area contributed by atoms with Crippen LogP contribution in [-0.2, 0) is 0 Å². The van der Waals surface area contributed by atoms with Crippen LogP contribution < -0.4 is 5.32 Å². The number of hydrogen-bond donors (Lipinski definition) is 1. The Balaban J connectivity index is 2.08. The van der Waals surface area contributed by atoms with E-state index in [0.717, 1.165) is 30.8 Å². The largest absolute Gasteiger partial charge is 0.339 e. The van der Waals surface area contributed by atoms with Gasteiger partial charge in [-0.25, -0.2) is 0 Å². The minimum absolute atomic E-state index is 0.233. The maximum Gasteiger partial charge on any atom is 0.231 e. The molecule has 1 N–H and O–H groups in total. The van der Waals surface area contributed by atoms with Crippen LogP contribution >= 0.6 is 11.3 Å². The lowest BCUT2D eigenvalue weighted by Crippen LogP contribution is -2.33. The Morgan fingerprint density at radius 2 is 2.26 bits per heavy atom. The molecule has 2 unspecified atom stereocenters. The second-order valence-corrected chi connectivity index (χ2v) is 5.51. The zero-order valence-corrected chi connectivity index (χ0v) is 12.5. The number of aromatic nitrogens is 2. The molecule has 0 radical (unpaired) electrons. The summed E-state index contributed by atoms with van der Waals surface area (Å²) in [5.74, 6) is 1.64. The number of rotatable bonds is 7. The Morgan fingerprint density at radius 3 is 2.89 bits per heavy atom. The van der Waals surface area contributed by atoms with Gasteiger partial charge in [-0.05, 0) is 30.8 Å². The SMILES string of the molecule is CCCNC(CC)C(C)c1nc(-c2ccsc2)no1. The molecule has 0 spiro atoms. The van der Waals surface area contributed by atoms with Crippen LogP contribution in [-0.4, -0.2) is 22.7 Å². The summed E-state index contributed by atoms with van der Waals surface area (Å²) in [5, 5.41) is 11.7. The lowest BCUT2D eigenvalue weighted by atomic mass is 9.99. The third kappa shape index (κ3) is 3.42. The molecule has 5 heteroatoms. The second-order valence-electron chi connectivity index (χ2n) is 4.73. The van der Waals surface area contributed by atoms with Gasteiger partial charge in [0, 0.05) is 17.0 Å². The zero-order valence-electron chi connectivity index (χ0n) is 11.7. The Hall–Kier alpha value is -1.20. The van der Waals surface area contributed by atoms with Gasteiger partial charge in [-0.1, -0.05) is 25.9 Å². The van der Waals surface area contributed by atoms with Gasteiger partial charge in [0.1, 0.15) is 0 Å². The Kier molecular flexibility index (Phi) is 5.10. The summed E-state index contributed by atoms with van der Waals surface area (Å²) in [4.78, 5) is 4.52. The minimum atomic E-state index is 0.233. The third-order valence-electron chi connectivity index (χ3n) is 3.31. The van der Waals surface area contributed by atoms with Crippen LogP contribution in [0.4, 0.5) is 0 Å². The molecule has 4 nitrogen and oxygen atoms in total. The molecule has 2 aromatic heterocycles. The standard InChI is InChI=1S/C14H21N3OS/c1-4-7-15-12(5-2)10(3)14-16-13(17-18-14)11-6-8-19-9-11/h6,8-10,12,15H,4-5,7H2,1-3H3. The van der Waals surface area contributed by atoms with Crippen molar-refractivity contribution in [2.45, 2.75) is 45.6 Å². The van der Waals surface area contributed by atoms with Crippen LogP contribution in [0.15, 0.2) is 21.3 Å². The first-order valence-corrected chi connectivity index (χ1v) is 7.80. The molecule has 0 aliphatic rings. The van der Waals surface area contributed by atoms with E-state index in [1.165, 1.54) is 0 Å². The van der Waals surface area contributed by atoms with Gasteiger partial charge in [0.15, 0.2) is 0 Å². The highest BCUT2D eigenvalue weighted by Crippen LogP contribution is 2.24. The van der Waals surface area contributed by atoms with Crippen LogP contribution in [0.1, 0.15) is 45.4 Å². The summed E-state index contributed by atoms with van der Waals surface area (Å²) in [6, 6.07) is 2.40. The molecule has 0 saturated carbocycles. The van der Waals surface area contributed by atoms with Crippen LogP contribution in [0.25, 0.3) is 11.4 Å². The average molecular weight is 279 g/mol. The molecule has 0 aliphatic carbocycles. The van der Waals surface area contributed by atoms with Crippen molar-refractivity contribution in [3.05, 3.63) is 22.7 Å². The maximum atomic E-state index is 5.42. The summed E-state index contributed by atoms with van der Waals surface area (Å²) in [6.45, 7) is 7.52. The first kappa shape index (κ1) is 14.2. The molecule has 104 valence electrons. The van der Waals surface area contributed by atoms with Crippen molar-refractivity contribution in [3.8, 4) is 11.4 Å². The molecule has 2 heterocycles. The third-order valence-corrected chi connectivity index (χ3v) is 3.99. The van der Waals surface area contributed by atoms with E-state index < -0.39 is 0 Å². The number of nitrogens with one attached hydrogen (secondary N) is 1. The highest BCUT2D eigenvalue weighted by molar-refractivity contribution is 7.08. The van der Waals surface area contributed by atoms with E-state index in [2.05, 4.69) is 36.2 Å². The summed E-state index contributed by atoms with van der Waals surface area (Å²) < 4.78 is 5.42. The fourth-order valence-electron chi connectivity index (χ4n) is 2.11. The fourth-order valence-corrected chi connectivity index (χ4v) is 2.74. The average Bonchev–Trinajstić information content (AvgIpc) is 3.10. The summed E-state index contributed by atoms with van der Waals surface area (Å²) in [5.41, 5.74) is 1.03. The van der Waals surface area contributed by atoms with Crippen molar-refractivity contribution in [3.63, 3.8) is 0 Å². The Labute approximate surface area is 118 Å². The molecule has 0 bridgehead atoms. The first-order valence-electron chi connectivity index (χ1n) is 6.85. The molecule has 0 fully saturated rings. The predicted octanol–water partition coefficient (Wildman–Crippen LogP) is 3.68. The Bertz CT molecular complexity index is 481.